The number of carbonyl (C=O) groups is 1. The Morgan fingerprint density at radius 1 is 1.10 bits per heavy atom. The van der Waals surface area contributed by atoms with Crippen molar-refractivity contribution in [2.24, 2.45) is 0 Å². The van der Waals surface area contributed by atoms with Crippen LogP contribution in [0.4, 0.5) is 0 Å². The van der Waals surface area contributed by atoms with Gasteiger partial charge in [0.25, 0.3) is 0 Å². The lowest BCUT2D eigenvalue weighted by atomic mass is 9.89. The fraction of sp³-hybridized carbons (Fsp3) is 0.375. The molecule has 0 bridgehead atoms. The van der Waals surface area contributed by atoms with E-state index < -0.39 is 0 Å². The number of ether oxygens (including phenoxy) is 2. The van der Waals surface area contributed by atoms with Crippen LogP contribution in [0.2, 0.25) is 0 Å². The molecular weight excluding hydrogens is 506 g/mol. The molecule has 2 aromatic heterocycles. The van der Waals surface area contributed by atoms with E-state index in [2.05, 4.69) is 61.5 Å². The Hall–Kier alpha value is -3.42. The molecule has 1 aliphatic heterocycles. The van der Waals surface area contributed by atoms with Gasteiger partial charge in [0.1, 0.15) is 17.9 Å². The first-order valence-electron chi connectivity index (χ1n) is 13.7. The molecule has 204 valence electrons. The van der Waals surface area contributed by atoms with Crippen molar-refractivity contribution >= 4 is 17.3 Å². The minimum Gasteiger partial charge on any atom is -0.489 e. The van der Waals surface area contributed by atoms with E-state index in [0.29, 0.717) is 24.7 Å². The zero-order valence-electron chi connectivity index (χ0n) is 23.5. The molecule has 1 saturated heterocycles. The normalized spacial score (nSPS) is 14.0. The van der Waals surface area contributed by atoms with Gasteiger partial charge in [-0.2, -0.15) is 5.10 Å². The van der Waals surface area contributed by atoms with Crippen molar-refractivity contribution < 1.29 is 14.3 Å². The molecule has 1 aliphatic rings. The number of thiophene rings is 1. The molecule has 3 heterocycles. The second-order valence-corrected chi connectivity index (χ2v) is 11.5. The number of nitrogens with one attached hydrogen (secondary N) is 1. The van der Waals surface area contributed by atoms with Gasteiger partial charge < -0.3 is 14.8 Å². The maximum absolute atomic E-state index is 12.3. The number of benzene rings is 2. The van der Waals surface area contributed by atoms with Gasteiger partial charge in [0.2, 0.25) is 0 Å². The monoisotopic (exact) mass is 543 g/mol. The summed E-state index contributed by atoms with van der Waals surface area (Å²) in [6.07, 6.45) is 3.97. The topological polar surface area (TPSA) is 65.4 Å². The Kier molecular flexibility index (Phi) is 8.19. The number of esters is 1. The fourth-order valence-electron chi connectivity index (χ4n) is 5.33. The number of nitrogens with zero attached hydrogens (tertiary/aromatic N) is 2. The summed E-state index contributed by atoms with van der Waals surface area (Å²) in [6.45, 7) is 13.2. The van der Waals surface area contributed by atoms with Crippen LogP contribution in [-0.4, -0.2) is 35.4 Å². The zero-order valence-corrected chi connectivity index (χ0v) is 24.3. The second kappa shape index (κ2) is 11.8. The van der Waals surface area contributed by atoms with E-state index in [1.54, 1.807) is 29.1 Å². The van der Waals surface area contributed by atoms with Crippen molar-refractivity contribution in [3.05, 3.63) is 87.0 Å². The average Bonchev–Trinajstić information content (AvgIpc) is 3.47. The minimum absolute atomic E-state index is 0.336. The molecule has 0 amide bonds. The Morgan fingerprint density at radius 3 is 2.64 bits per heavy atom. The SMILES string of the molecule is CCOC(=O)c1cnn(-c2cccc(-c3sc(C)c(C)c3COc3ccc(C4CCNCC4)cc3C)c2)c1C. The number of carbonyl (C=O) groups excluding carboxylic acids is 1. The number of aryl methyl sites for hydroxylation is 2. The largest absolute Gasteiger partial charge is 0.489 e. The van der Waals surface area contributed by atoms with Gasteiger partial charge in [-0.05, 0) is 107 Å². The molecule has 0 aliphatic carbocycles. The average molecular weight is 544 g/mol. The van der Waals surface area contributed by atoms with Crippen molar-refractivity contribution in [1.29, 1.82) is 0 Å². The standard InChI is InChI=1S/C32H37N3O3S/c1-6-37-32(36)28-18-34-35(22(28)4)27-9-7-8-26(17-27)31-29(21(3)23(5)39-31)19-38-30-11-10-25(16-20(30)2)24-12-14-33-15-13-24/h7-11,16-18,24,33H,6,12-15,19H2,1-5H3. The lowest BCUT2D eigenvalue weighted by molar-refractivity contribution is 0.0525. The molecule has 4 aromatic rings. The van der Waals surface area contributed by atoms with Gasteiger partial charge in [-0.1, -0.05) is 24.3 Å². The van der Waals surface area contributed by atoms with Gasteiger partial charge in [0, 0.05) is 15.3 Å². The van der Waals surface area contributed by atoms with Crippen LogP contribution in [0.5, 0.6) is 5.75 Å². The van der Waals surface area contributed by atoms with Gasteiger partial charge >= 0.3 is 5.97 Å². The lowest BCUT2D eigenvalue weighted by Gasteiger charge is -2.23. The van der Waals surface area contributed by atoms with E-state index in [9.17, 15) is 4.79 Å². The van der Waals surface area contributed by atoms with Crippen LogP contribution in [0.25, 0.3) is 16.1 Å². The van der Waals surface area contributed by atoms with Crippen molar-refractivity contribution in [2.45, 2.75) is 60.0 Å². The molecular formula is C32H37N3O3S. The Balaban J connectivity index is 1.39. The van der Waals surface area contributed by atoms with E-state index in [1.165, 1.54) is 44.8 Å². The number of rotatable bonds is 8. The van der Waals surface area contributed by atoms with Crippen LogP contribution in [0.15, 0.2) is 48.7 Å². The van der Waals surface area contributed by atoms with Gasteiger partial charge in [-0.25, -0.2) is 9.48 Å². The summed E-state index contributed by atoms with van der Waals surface area (Å²) in [5.41, 5.74) is 8.34. The van der Waals surface area contributed by atoms with Crippen molar-refractivity contribution in [2.75, 3.05) is 19.7 Å². The molecule has 1 fully saturated rings. The van der Waals surface area contributed by atoms with E-state index in [0.717, 1.165) is 35.8 Å². The molecule has 0 spiro atoms. The smallest absolute Gasteiger partial charge is 0.341 e. The number of hydrogen-bond acceptors (Lipinski definition) is 6. The van der Waals surface area contributed by atoms with Crippen molar-refractivity contribution in [1.82, 2.24) is 15.1 Å². The number of hydrogen-bond donors (Lipinski definition) is 1. The van der Waals surface area contributed by atoms with Gasteiger partial charge in [0.05, 0.1) is 24.2 Å². The zero-order chi connectivity index (χ0) is 27.5. The van der Waals surface area contributed by atoms with Crippen LogP contribution in [0, 0.1) is 27.7 Å². The molecule has 5 rings (SSSR count). The summed E-state index contributed by atoms with van der Waals surface area (Å²) < 4.78 is 13.4. The quantitative estimate of drug-likeness (QED) is 0.241. The molecule has 39 heavy (non-hydrogen) atoms. The van der Waals surface area contributed by atoms with Crippen LogP contribution in [-0.2, 0) is 11.3 Å². The third-order valence-electron chi connectivity index (χ3n) is 7.75. The van der Waals surface area contributed by atoms with Crippen LogP contribution in [0.1, 0.15) is 68.9 Å². The van der Waals surface area contributed by atoms with Crippen LogP contribution < -0.4 is 10.1 Å². The van der Waals surface area contributed by atoms with Gasteiger partial charge in [-0.15, -0.1) is 11.3 Å². The molecule has 6 nitrogen and oxygen atoms in total. The summed E-state index contributed by atoms with van der Waals surface area (Å²) in [7, 11) is 0. The fourth-order valence-corrected chi connectivity index (χ4v) is 6.50. The predicted molar refractivity (Wildman–Crippen MR) is 157 cm³/mol. The van der Waals surface area contributed by atoms with Gasteiger partial charge in [-0.3, -0.25) is 0 Å². The molecule has 0 unspecified atom stereocenters. The summed E-state index contributed by atoms with van der Waals surface area (Å²) in [5.74, 6) is 1.22. The lowest BCUT2D eigenvalue weighted by Crippen LogP contribution is -2.26. The number of aromatic nitrogens is 2. The predicted octanol–water partition coefficient (Wildman–Crippen LogP) is 7.06. The first-order valence-corrected chi connectivity index (χ1v) is 14.5. The Bertz CT molecular complexity index is 1480. The number of piperidine rings is 1. The van der Waals surface area contributed by atoms with Gasteiger partial charge in [0.15, 0.2) is 0 Å². The molecule has 0 radical (unpaired) electrons. The van der Waals surface area contributed by atoms with Crippen LogP contribution >= 0.6 is 11.3 Å². The Labute approximate surface area is 235 Å². The maximum atomic E-state index is 12.3. The van der Waals surface area contributed by atoms with E-state index in [-0.39, 0.29) is 5.97 Å². The molecule has 0 saturated carbocycles. The highest BCUT2D eigenvalue weighted by Crippen LogP contribution is 2.38. The third kappa shape index (κ3) is 5.65. The molecule has 1 N–H and O–H groups in total. The third-order valence-corrected chi connectivity index (χ3v) is 9.05. The minimum atomic E-state index is -0.347. The maximum Gasteiger partial charge on any atom is 0.341 e. The highest BCUT2D eigenvalue weighted by Gasteiger charge is 2.20. The van der Waals surface area contributed by atoms with E-state index in [1.807, 2.05) is 19.1 Å². The second-order valence-electron chi connectivity index (χ2n) is 10.3. The molecule has 7 heteroatoms. The first kappa shape index (κ1) is 27.2. The summed E-state index contributed by atoms with van der Waals surface area (Å²) in [4.78, 5) is 14.8. The van der Waals surface area contributed by atoms with Crippen molar-refractivity contribution in [3.8, 4) is 21.9 Å². The molecule has 0 atom stereocenters. The summed E-state index contributed by atoms with van der Waals surface area (Å²) >= 11 is 1.79. The van der Waals surface area contributed by atoms with E-state index in [4.69, 9.17) is 9.47 Å². The first-order chi connectivity index (χ1) is 18.9. The summed E-state index contributed by atoms with van der Waals surface area (Å²) in [5, 5.41) is 7.94. The molecule has 2 aromatic carbocycles. The Morgan fingerprint density at radius 2 is 1.90 bits per heavy atom. The highest BCUT2D eigenvalue weighted by molar-refractivity contribution is 7.15. The summed E-state index contributed by atoms with van der Waals surface area (Å²) in [6, 6.07) is 15.0. The van der Waals surface area contributed by atoms with Crippen LogP contribution in [0.3, 0.4) is 0 Å². The van der Waals surface area contributed by atoms with Crippen molar-refractivity contribution in [3.63, 3.8) is 0 Å². The van der Waals surface area contributed by atoms with E-state index >= 15 is 0 Å². The highest BCUT2D eigenvalue weighted by atomic mass is 32.1.